The molecule has 84 heavy (non-hydrogen) atoms. The molecule has 0 saturated carbocycles. The van der Waals surface area contributed by atoms with Gasteiger partial charge >= 0.3 is 112 Å². The summed E-state index contributed by atoms with van der Waals surface area (Å²) in [6.45, 7) is 14.1. The van der Waals surface area contributed by atoms with Crippen molar-refractivity contribution in [2.75, 3.05) is 0 Å². The van der Waals surface area contributed by atoms with E-state index in [1.807, 2.05) is 30.3 Å². The van der Waals surface area contributed by atoms with Gasteiger partial charge in [-0.2, -0.15) is 18.2 Å². The van der Waals surface area contributed by atoms with E-state index < -0.39 is 0 Å². The fourth-order valence-corrected chi connectivity index (χ4v) is 13.2. The zero-order valence-electron chi connectivity index (χ0n) is 48.8. The summed E-state index contributed by atoms with van der Waals surface area (Å²) in [5.74, 6) is 0. The van der Waals surface area contributed by atoms with Gasteiger partial charge in [0.25, 0.3) is 0 Å². The van der Waals surface area contributed by atoms with E-state index in [9.17, 15) is 0 Å². The molecule has 0 aliphatic heterocycles. The number of fused-ring (bicyclic) bond motifs is 9. The van der Waals surface area contributed by atoms with Crippen LogP contribution in [0.3, 0.4) is 0 Å². The summed E-state index contributed by atoms with van der Waals surface area (Å²) >= 11 is 1.55. The molecule has 0 unspecified atom stereocenters. The van der Waals surface area contributed by atoms with Gasteiger partial charge in [0, 0.05) is 0 Å². The SMILES string of the molecule is CC(C)(C)c1cc2c([c-]c1-c1ccccc1-c1ccc3c(ccc4ccccc43)c1)Cc1cc(-c3ccccc3-c3ccc4c(ccc5ccccc54)c3)c(C(C)(C)C)cc1-2.[Cl-].[Cl-].[Zr+2]=[C](Cc1ccccc1)Cc1ccccc1.c1cc[cH-]c1. The molecule has 3 heteroatoms. The fraction of sp³-hybridized carbons (Fsp3) is 0.136. The predicted molar refractivity (Wildman–Crippen MR) is 350 cm³/mol. The summed E-state index contributed by atoms with van der Waals surface area (Å²) in [5.41, 5.74) is 20.7. The molecular formula is C81H68Cl2Zr-2. The Morgan fingerprint density at radius 3 is 1.31 bits per heavy atom. The molecular weight excluding hydrogens is 1140 g/mol. The standard InChI is InChI=1S/C61H49.C15H14.C5H5.2ClH.Zr/c1-60(2,3)58-36-54-44(34-56(58)52-21-13-11-19-48(52)42-27-29-50-40(31-42)25-23-38-15-7-9-17-46(38)50)33-45-35-57(59(37-55(45)54)61(4,5)6)53-22-14-12-20-49(53)43-28-30-51-41(32-43)26-24-39-16-8-10-18-47(39)51;1-3-8-14(9-4-1)12-7-13-15-10-5-2-6-11-15;1-2-4-5-3-1;;;/h7-32,34,36-37H,33H2,1-6H3;1-6,8-11H,12-13H2;1-5H;2*1H;/q-1;;-1;;;+2/p-2. The molecule has 0 radical (unpaired) electrons. The summed E-state index contributed by atoms with van der Waals surface area (Å²) in [5, 5.41) is 10.3. The van der Waals surface area contributed by atoms with Crippen molar-refractivity contribution in [1.29, 1.82) is 0 Å². The maximum absolute atomic E-state index is 4.12. The molecule has 13 aromatic rings. The van der Waals surface area contributed by atoms with Crippen molar-refractivity contribution in [3.8, 4) is 55.6 Å². The first-order chi connectivity index (χ1) is 39.8. The van der Waals surface area contributed by atoms with Gasteiger partial charge in [-0.15, -0.1) is 28.8 Å². The topological polar surface area (TPSA) is 0 Å². The van der Waals surface area contributed by atoms with Crippen LogP contribution < -0.4 is 24.8 Å². The maximum Gasteiger partial charge on any atom is -0.172 e. The Morgan fingerprint density at radius 1 is 0.381 bits per heavy atom. The molecule has 0 nitrogen and oxygen atoms in total. The quantitative estimate of drug-likeness (QED) is 0.105. The number of rotatable bonds is 8. The van der Waals surface area contributed by atoms with Crippen molar-refractivity contribution >= 4 is 46.3 Å². The van der Waals surface area contributed by atoms with E-state index in [1.165, 1.54) is 132 Å². The second kappa shape index (κ2) is 25.7. The Morgan fingerprint density at radius 2 is 0.810 bits per heavy atom. The average Bonchev–Trinajstić information content (AvgIpc) is 2.10. The van der Waals surface area contributed by atoms with E-state index in [1.54, 1.807) is 27.4 Å². The maximum atomic E-state index is 4.12. The first kappa shape index (κ1) is 59.5. The second-order valence-electron chi connectivity index (χ2n) is 24.1. The van der Waals surface area contributed by atoms with Crippen molar-refractivity contribution in [2.45, 2.75) is 71.6 Å². The molecule has 0 atom stereocenters. The van der Waals surface area contributed by atoms with Gasteiger partial charge in [0.1, 0.15) is 0 Å². The van der Waals surface area contributed by atoms with Crippen LogP contribution in [-0.2, 0) is 54.3 Å². The number of benzene rings is 12. The molecule has 13 aromatic carbocycles. The molecule has 14 rings (SSSR count). The van der Waals surface area contributed by atoms with Crippen LogP contribution in [0.4, 0.5) is 0 Å². The van der Waals surface area contributed by atoms with E-state index in [2.05, 4.69) is 284 Å². The van der Waals surface area contributed by atoms with E-state index in [0.29, 0.717) is 0 Å². The van der Waals surface area contributed by atoms with Crippen LogP contribution in [0.2, 0.25) is 0 Å². The van der Waals surface area contributed by atoms with E-state index in [4.69, 9.17) is 0 Å². The predicted octanol–water partition coefficient (Wildman–Crippen LogP) is 15.5. The van der Waals surface area contributed by atoms with Gasteiger partial charge in [-0.05, 0) is 111 Å². The fourth-order valence-electron chi connectivity index (χ4n) is 12.2. The third-order valence-corrected chi connectivity index (χ3v) is 17.1. The zero-order valence-corrected chi connectivity index (χ0v) is 52.8. The molecule has 0 heterocycles. The summed E-state index contributed by atoms with van der Waals surface area (Å²) in [4.78, 5) is 0. The first-order valence-corrected chi connectivity index (χ1v) is 30.2. The third-order valence-electron chi connectivity index (χ3n) is 16.3. The minimum atomic E-state index is -0.100. The van der Waals surface area contributed by atoms with Gasteiger partial charge in [-0.3, -0.25) is 0 Å². The minimum absolute atomic E-state index is 0. The Hall–Kier alpha value is -7.64. The van der Waals surface area contributed by atoms with Gasteiger partial charge in [0.2, 0.25) is 0 Å². The van der Waals surface area contributed by atoms with Gasteiger partial charge < -0.3 is 24.8 Å². The largest absolute Gasteiger partial charge is 0.214 e. The first-order valence-electron chi connectivity index (χ1n) is 28.9. The average molecular weight is 1200 g/mol. The van der Waals surface area contributed by atoms with E-state index >= 15 is 0 Å². The number of hydrogen-bond donors (Lipinski definition) is 0. The molecule has 0 saturated heterocycles. The number of hydrogen-bond acceptors (Lipinski definition) is 0. The van der Waals surface area contributed by atoms with Gasteiger partial charge in [0.15, 0.2) is 0 Å². The van der Waals surface area contributed by atoms with Gasteiger partial charge in [-0.1, -0.05) is 222 Å². The molecule has 0 bridgehead atoms. The van der Waals surface area contributed by atoms with Crippen molar-refractivity contribution in [1.82, 2.24) is 0 Å². The summed E-state index contributed by atoms with van der Waals surface area (Å²) < 4.78 is 1.60. The molecule has 1 aliphatic carbocycles. The Bertz CT molecular complexity index is 4150. The van der Waals surface area contributed by atoms with Gasteiger partial charge in [-0.25, -0.2) is 12.1 Å². The normalized spacial score (nSPS) is 11.6. The number of halogens is 2. The monoisotopic (exact) mass is 1200 g/mol. The van der Waals surface area contributed by atoms with Crippen LogP contribution >= 0.6 is 0 Å². The zero-order chi connectivity index (χ0) is 56.4. The minimum Gasteiger partial charge on any atom is -0.214 e. The van der Waals surface area contributed by atoms with Crippen molar-refractivity contribution < 1.29 is 49.0 Å². The van der Waals surface area contributed by atoms with E-state index in [-0.39, 0.29) is 35.6 Å². The summed E-state index contributed by atoms with van der Waals surface area (Å²) in [6.07, 6.45) is 3.10. The molecule has 0 spiro atoms. The van der Waals surface area contributed by atoms with Crippen LogP contribution in [0.1, 0.15) is 74.9 Å². The Labute approximate surface area is 524 Å². The summed E-state index contributed by atoms with van der Waals surface area (Å²) in [7, 11) is 0. The van der Waals surface area contributed by atoms with Crippen molar-refractivity contribution in [3.63, 3.8) is 0 Å². The van der Waals surface area contributed by atoms with Gasteiger partial charge in [0.05, 0.1) is 0 Å². The van der Waals surface area contributed by atoms with Crippen LogP contribution in [0.5, 0.6) is 0 Å². The molecule has 0 aromatic heterocycles. The van der Waals surface area contributed by atoms with Crippen molar-refractivity contribution in [3.05, 3.63) is 306 Å². The molecule has 412 valence electrons. The smallest absolute Gasteiger partial charge is 0.172 e. The van der Waals surface area contributed by atoms with Crippen LogP contribution in [0, 0.1) is 6.07 Å². The molecule has 0 N–H and O–H groups in total. The van der Waals surface area contributed by atoms with Crippen molar-refractivity contribution in [2.24, 2.45) is 0 Å². The molecule has 0 amide bonds. The molecule has 1 aliphatic rings. The van der Waals surface area contributed by atoms with E-state index in [0.717, 1.165) is 19.3 Å². The Balaban J connectivity index is 0.000000287. The van der Waals surface area contributed by atoms with Crippen LogP contribution in [-0.4, -0.2) is 3.21 Å². The second-order valence-corrected chi connectivity index (χ2v) is 25.8. The third kappa shape index (κ3) is 12.7. The Kier molecular flexibility index (Phi) is 18.2. The van der Waals surface area contributed by atoms with Crippen LogP contribution in [0.25, 0.3) is 98.7 Å². The summed E-state index contributed by atoms with van der Waals surface area (Å²) in [6, 6.07) is 101. The van der Waals surface area contributed by atoms with Crippen LogP contribution in [0.15, 0.2) is 267 Å². The molecule has 0 fully saturated rings.